The summed E-state index contributed by atoms with van der Waals surface area (Å²) in [4.78, 5) is 27.0. The summed E-state index contributed by atoms with van der Waals surface area (Å²) >= 11 is 2.94. The van der Waals surface area contributed by atoms with Gasteiger partial charge in [0.2, 0.25) is 16.9 Å². The normalized spacial score (nSPS) is 16.1. The van der Waals surface area contributed by atoms with Crippen LogP contribution in [0, 0.1) is 19.8 Å². The highest BCUT2D eigenvalue weighted by atomic mass is 32.2. The fraction of sp³-hybridized carbons (Fsp3) is 0.273. The van der Waals surface area contributed by atoms with Gasteiger partial charge in [0, 0.05) is 24.4 Å². The number of hydrogen-bond acceptors (Lipinski definition) is 6. The number of carbonyl (C=O) groups is 2. The van der Waals surface area contributed by atoms with Crippen molar-refractivity contribution in [2.75, 3.05) is 16.8 Å². The first-order chi connectivity index (χ1) is 14.5. The lowest BCUT2D eigenvalue weighted by molar-refractivity contribution is -0.122. The molecule has 2 heterocycles. The molecule has 30 heavy (non-hydrogen) atoms. The first-order valence-electron chi connectivity index (χ1n) is 9.69. The Hall–Kier alpha value is -2.71. The third-order valence-corrected chi connectivity index (χ3v) is 7.25. The highest BCUT2D eigenvalue weighted by Crippen LogP contribution is 2.31. The van der Waals surface area contributed by atoms with Gasteiger partial charge in [-0.1, -0.05) is 65.6 Å². The molecule has 3 aromatic rings. The molecule has 6 nitrogen and oxygen atoms in total. The number of aryl methyl sites for hydroxylation is 1. The lowest BCUT2D eigenvalue weighted by Gasteiger charge is -2.20. The van der Waals surface area contributed by atoms with Crippen molar-refractivity contribution in [3.63, 3.8) is 0 Å². The fourth-order valence-corrected chi connectivity index (χ4v) is 5.10. The van der Waals surface area contributed by atoms with Crippen molar-refractivity contribution >= 4 is 45.7 Å². The van der Waals surface area contributed by atoms with Crippen LogP contribution in [0.3, 0.4) is 0 Å². The van der Waals surface area contributed by atoms with Crippen LogP contribution in [0.4, 0.5) is 10.8 Å². The zero-order valence-corrected chi connectivity index (χ0v) is 18.4. The molecule has 0 spiro atoms. The van der Waals surface area contributed by atoms with Gasteiger partial charge in [0.15, 0.2) is 4.34 Å². The van der Waals surface area contributed by atoms with E-state index in [-0.39, 0.29) is 18.2 Å². The Balaban J connectivity index is 1.36. The number of aromatic nitrogens is 2. The van der Waals surface area contributed by atoms with Gasteiger partial charge in [-0.2, -0.15) is 0 Å². The Labute approximate surface area is 183 Å². The first kappa shape index (κ1) is 20.6. The number of rotatable bonds is 6. The number of nitrogens with zero attached hydrogens (tertiary/aromatic N) is 3. The maximum Gasteiger partial charge on any atom is 0.231 e. The van der Waals surface area contributed by atoms with Crippen molar-refractivity contribution in [1.29, 1.82) is 0 Å². The second-order valence-electron chi connectivity index (χ2n) is 7.26. The number of thioether (sulfide) groups is 1. The van der Waals surface area contributed by atoms with Gasteiger partial charge in [-0.05, 0) is 36.6 Å². The van der Waals surface area contributed by atoms with Crippen LogP contribution in [0.5, 0.6) is 0 Å². The molecule has 1 fully saturated rings. The van der Waals surface area contributed by atoms with Crippen LogP contribution < -0.4 is 10.2 Å². The van der Waals surface area contributed by atoms with E-state index in [0.29, 0.717) is 11.7 Å². The van der Waals surface area contributed by atoms with E-state index in [1.165, 1.54) is 16.9 Å². The molecule has 154 valence electrons. The SMILES string of the molecule is Cc1cccc(N2CC(C(=O)Nc3nnc(SCc4ccccc4)s3)CC2=O)c1C. The molecule has 0 bridgehead atoms. The van der Waals surface area contributed by atoms with Crippen LogP contribution in [-0.2, 0) is 15.3 Å². The maximum absolute atomic E-state index is 12.7. The Kier molecular flexibility index (Phi) is 6.15. The van der Waals surface area contributed by atoms with Crippen molar-refractivity contribution < 1.29 is 9.59 Å². The summed E-state index contributed by atoms with van der Waals surface area (Å²) in [7, 11) is 0. The van der Waals surface area contributed by atoms with Gasteiger partial charge in [-0.25, -0.2) is 0 Å². The van der Waals surface area contributed by atoms with Gasteiger partial charge in [-0.3, -0.25) is 9.59 Å². The second-order valence-corrected chi connectivity index (χ2v) is 9.46. The van der Waals surface area contributed by atoms with E-state index in [1.54, 1.807) is 16.7 Å². The number of nitrogens with one attached hydrogen (secondary N) is 1. The molecule has 2 aromatic carbocycles. The molecule has 2 amide bonds. The highest BCUT2D eigenvalue weighted by molar-refractivity contribution is 8.00. The minimum absolute atomic E-state index is 0.0276. The van der Waals surface area contributed by atoms with E-state index in [4.69, 9.17) is 0 Å². The molecule has 8 heteroatoms. The van der Waals surface area contributed by atoms with Gasteiger partial charge in [0.1, 0.15) is 0 Å². The van der Waals surface area contributed by atoms with Gasteiger partial charge < -0.3 is 10.2 Å². The summed E-state index contributed by atoms with van der Waals surface area (Å²) in [6.45, 7) is 4.40. The van der Waals surface area contributed by atoms with Crippen molar-refractivity contribution in [3.05, 3.63) is 65.2 Å². The molecule has 1 N–H and O–H groups in total. The number of hydrogen-bond donors (Lipinski definition) is 1. The van der Waals surface area contributed by atoms with Gasteiger partial charge >= 0.3 is 0 Å². The van der Waals surface area contributed by atoms with Crippen LogP contribution in [-0.4, -0.2) is 28.6 Å². The molecule has 0 saturated carbocycles. The summed E-state index contributed by atoms with van der Waals surface area (Å²) in [5.74, 6) is 0.180. The quantitative estimate of drug-likeness (QED) is 0.455. The largest absolute Gasteiger partial charge is 0.311 e. The third kappa shape index (κ3) is 4.55. The minimum Gasteiger partial charge on any atom is -0.311 e. The molecule has 1 aliphatic heterocycles. The third-order valence-electron chi connectivity index (χ3n) is 5.20. The zero-order valence-electron chi connectivity index (χ0n) is 16.8. The smallest absolute Gasteiger partial charge is 0.231 e. The van der Waals surface area contributed by atoms with E-state index in [9.17, 15) is 9.59 Å². The number of anilines is 2. The molecule has 1 aliphatic rings. The topological polar surface area (TPSA) is 75.2 Å². The van der Waals surface area contributed by atoms with Gasteiger partial charge in [0.25, 0.3) is 0 Å². The van der Waals surface area contributed by atoms with Crippen LogP contribution in [0.15, 0.2) is 52.9 Å². The van der Waals surface area contributed by atoms with E-state index < -0.39 is 5.92 Å². The maximum atomic E-state index is 12.7. The Morgan fingerprint density at radius 1 is 1.17 bits per heavy atom. The molecular weight excluding hydrogens is 416 g/mol. The fourth-order valence-electron chi connectivity index (χ4n) is 3.39. The monoisotopic (exact) mass is 438 g/mol. The summed E-state index contributed by atoms with van der Waals surface area (Å²) in [6, 6.07) is 16.0. The molecule has 1 atom stereocenters. The number of benzene rings is 2. The van der Waals surface area contributed by atoms with Crippen molar-refractivity contribution in [2.45, 2.75) is 30.4 Å². The summed E-state index contributed by atoms with van der Waals surface area (Å²) in [5.41, 5.74) is 4.28. The molecule has 0 radical (unpaired) electrons. The van der Waals surface area contributed by atoms with Crippen LogP contribution in [0.2, 0.25) is 0 Å². The van der Waals surface area contributed by atoms with Crippen molar-refractivity contribution in [2.24, 2.45) is 5.92 Å². The molecule has 4 rings (SSSR count). The second kappa shape index (κ2) is 8.97. The average molecular weight is 439 g/mol. The predicted octanol–water partition coefficient (Wildman–Crippen LogP) is 4.44. The highest BCUT2D eigenvalue weighted by Gasteiger charge is 2.36. The van der Waals surface area contributed by atoms with Gasteiger partial charge in [0.05, 0.1) is 5.92 Å². The lowest BCUT2D eigenvalue weighted by Crippen LogP contribution is -2.28. The first-order valence-corrected chi connectivity index (χ1v) is 11.5. The number of carbonyl (C=O) groups excluding carboxylic acids is 2. The number of amides is 2. The van der Waals surface area contributed by atoms with E-state index >= 15 is 0 Å². The van der Waals surface area contributed by atoms with Crippen molar-refractivity contribution in [1.82, 2.24) is 10.2 Å². The van der Waals surface area contributed by atoms with E-state index in [2.05, 4.69) is 27.6 Å². The van der Waals surface area contributed by atoms with Crippen LogP contribution in [0.1, 0.15) is 23.1 Å². The zero-order chi connectivity index (χ0) is 21.1. The Morgan fingerprint density at radius 3 is 2.77 bits per heavy atom. The van der Waals surface area contributed by atoms with Crippen LogP contribution >= 0.6 is 23.1 Å². The molecule has 1 unspecified atom stereocenters. The molecule has 1 aromatic heterocycles. The lowest BCUT2D eigenvalue weighted by atomic mass is 10.1. The standard InChI is InChI=1S/C22H22N4O2S2/c1-14-7-6-10-18(15(14)2)26-12-17(11-19(26)27)20(28)23-21-24-25-22(30-21)29-13-16-8-4-3-5-9-16/h3-10,17H,11-13H2,1-2H3,(H,23,24,28). The van der Waals surface area contributed by atoms with Crippen LogP contribution in [0.25, 0.3) is 0 Å². The van der Waals surface area contributed by atoms with E-state index in [0.717, 1.165) is 26.9 Å². The predicted molar refractivity (Wildman–Crippen MR) is 121 cm³/mol. The molecule has 0 aliphatic carbocycles. The average Bonchev–Trinajstić information content (AvgIpc) is 3.36. The molecule has 1 saturated heterocycles. The van der Waals surface area contributed by atoms with Crippen molar-refractivity contribution in [3.8, 4) is 0 Å². The van der Waals surface area contributed by atoms with E-state index in [1.807, 2.05) is 50.2 Å². The molecular formula is C22H22N4O2S2. The van der Waals surface area contributed by atoms with Gasteiger partial charge in [-0.15, -0.1) is 10.2 Å². The minimum atomic E-state index is -0.401. The summed E-state index contributed by atoms with van der Waals surface area (Å²) < 4.78 is 0.800. The summed E-state index contributed by atoms with van der Waals surface area (Å²) in [6.07, 6.45) is 0.202. The summed E-state index contributed by atoms with van der Waals surface area (Å²) in [5, 5.41) is 11.5. The Morgan fingerprint density at radius 2 is 1.97 bits per heavy atom. The Bertz CT molecular complexity index is 1070.